The summed E-state index contributed by atoms with van der Waals surface area (Å²) in [6, 6.07) is 11.3. The lowest BCUT2D eigenvalue weighted by molar-refractivity contribution is -0.122. The lowest BCUT2D eigenvalue weighted by Crippen LogP contribution is -2.35. The van der Waals surface area contributed by atoms with Gasteiger partial charge in [-0.25, -0.2) is 9.50 Å². The molecule has 208 valence electrons. The highest BCUT2D eigenvalue weighted by atomic mass is 16.5. The van der Waals surface area contributed by atoms with E-state index >= 15 is 0 Å². The van der Waals surface area contributed by atoms with Crippen LogP contribution in [-0.4, -0.2) is 63.7 Å². The van der Waals surface area contributed by atoms with Crippen LogP contribution in [0.5, 0.6) is 5.75 Å². The summed E-state index contributed by atoms with van der Waals surface area (Å²) in [5.41, 5.74) is 8.75. The van der Waals surface area contributed by atoms with Crippen molar-refractivity contribution in [1.82, 2.24) is 19.5 Å². The van der Waals surface area contributed by atoms with Gasteiger partial charge in [0.15, 0.2) is 11.5 Å². The van der Waals surface area contributed by atoms with Gasteiger partial charge in [-0.05, 0) is 80.5 Å². The topological polar surface area (TPSA) is 135 Å². The summed E-state index contributed by atoms with van der Waals surface area (Å²) < 4.78 is 7.04. The van der Waals surface area contributed by atoms with Gasteiger partial charge in [-0.1, -0.05) is 27.7 Å². The van der Waals surface area contributed by atoms with Gasteiger partial charge in [0.2, 0.25) is 0 Å². The number of rotatable bonds is 13. The molecule has 0 bridgehead atoms. The Kier molecular flexibility index (Phi) is 12.5. The summed E-state index contributed by atoms with van der Waals surface area (Å²) in [6.45, 7) is 10.5. The number of methoxy groups -OCH3 is 1. The van der Waals surface area contributed by atoms with Crippen LogP contribution >= 0.6 is 0 Å². The van der Waals surface area contributed by atoms with Gasteiger partial charge in [0.05, 0.1) is 12.8 Å². The third kappa shape index (κ3) is 9.02. The first-order valence-corrected chi connectivity index (χ1v) is 13.1. The number of benzene rings is 1. The fourth-order valence-corrected chi connectivity index (χ4v) is 3.80. The maximum absolute atomic E-state index is 13.5. The number of amides is 1. The number of fused-ring (bicyclic) bond motifs is 1. The van der Waals surface area contributed by atoms with Crippen LogP contribution in [0.2, 0.25) is 0 Å². The second-order valence-corrected chi connectivity index (χ2v) is 9.90. The molecule has 0 radical (unpaired) electrons. The molecule has 0 saturated carbocycles. The number of nitrogens with zero attached hydrogens (tertiary/aromatic N) is 4. The summed E-state index contributed by atoms with van der Waals surface area (Å²) in [6.07, 6.45) is 3.43. The summed E-state index contributed by atoms with van der Waals surface area (Å²) in [7, 11) is 1.65. The number of aromatic nitrogens is 3. The van der Waals surface area contributed by atoms with Crippen molar-refractivity contribution >= 4 is 29.5 Å². The minimum absolute atomic E-state index is 0.0312. The predicted octanol–water partition coefficient (Wildman–Crippen LogP) is 4.61. The monoisotopic (exact) mass is 526 g/mol. The molecule has 0 aliphatic heterocycles. The van der Waals surface area contributed by atoms with Crippen LogP contribution in [0.1, 0.15) is 63.1 Å². The number of nitrogens with one attached hydrogen (secondary N) is 1. The number of imidazole rings is 1. The number of hydrogen-bond acceptors (Lipinski definition) is 7. The molecule has 10 nitrogen and oxygen atoms in total. The SMILES string of the molecule is COc1ccc(Nc2nc3ccc(C(=O)N(CCC(C)C)CCC(C)C)nn3c2CCCN)cc1.O=CO. The molecule has 4 N–H and O–H groups in total. The van der Waals surface area contributed by atoms with Gasteiger partial charge in [-0.3, -0.25) is 9.59 Å². The van der Waals surface area contributed by atoms with Crippen LogP contribution in [-0.2, 0) is 11.2 Å². The Morgan fingerprint density at radius 1 is 1.11 bits per heavy atom. The molecule has 0 spiro atoms. The minimum Gasteiger partial charge on any atom is -0.497 e. The zero-order chi connectivity index (χ0) is 28.1. The molecule has 38 heavy (non-hydrogen) atoms. The Morgan fingerprint density at radius 2 is 1.71 bits per heavy atom. The molecule has 0 aliphatic rings. The van der Waals surface area contributed by atoms with E-state index in [1.807, 2.05) is 35.2 Å². The Balaban J connectivity index is 0.00000161. The van der Waals surface area contributed by atoms with Crippen LogP contribution in [0.3, 0.4) is 0 Å². The molecule has 0 unspecified atom stereocenters. The average molecular weight is 527 g/mol. The second kappa shape index (κ2) is 15.6. The number of carbonyl (C=O) groups excluding carboxylic acids is 1. The first-order chi connectivity index (χ1) is 18.2. The molecule has 0 saturated heterocycles. The number of carboxylic acid groups (broad SMARTS) is 1. The van der Waals surface area contributed by atoms with Crippen LogP contribution in [0, 0.1) is 11.8 Å². The standard InChI is InChI=1S/C27H40N6O2.CH2O2/c1-19(2)14-17-32(18-15-20(3)4)27(34)23-12-13-25-30-26(24(7-6-16-28)33(25)31-23)29-21-8-10-22(35-5)11-9-21;2-1-3/h8-13,19-20,29H,6-7,14-18,28H2,1-5H3;1H,(H,2,3). The van der Waals surface area contributed by atoms with Crippen molar-refractivity contribution in [3.05, 3.63) is 47.8 Å². The van der Waals surface area contributed by atoms with E-state index < -0.39 is 0 Å². The lowest BCUT2D eigenvalue weighted by Gasteiger charge is -2.24. The number of ether oxygens (including phenoxy) is 1. The zero-order valence-corrected chi connectivity index (χ0v) is 23.2. The number of aryl methyl sites for hydroxylation is 1. The average Bonchev–Trinajstić information content (AvgIpc) is 3.23. The summed E-state index contributed by atoms with van der Waals surface area (Å²) in [5, 5.41) is 15.0. The molecule has 0 aliphatic carbocycles. The Hall–Kier alpha value is -3.66. The van der Waals surface area contributed by atoms with Crippen molar-refractivity contribution in [1.29, 1.82) is 0 Å². The number of nitrogens with two attached hydrogens (primary N) is 1. The maximum atomic E-state index is 13.5. The molecule has 0 fully saturated rings. The molecule has 3 aromatic rings. The highest BCUT2D eigenvalue weighted by molar-refractivity contribution is 5.92. The van der Waals surface area contributed by atoms with Gasteiger partial charge in [0.25, 0.3) is 12.4 Å². The number of anilines is 2. The van der Waals surface area contributed by atoms with Gasteiger partial charge < -0.3 is 25.8 Å². The van der Waals surface area contributed by atoms with E-state index in [1.165, 1.54) is 0 Å². The highest BCUT2D eigenvalue weighted by Crippen LogP contribution is 2.25. The second-order valence-electron chi connectivity index (χ2n) is 9.90. The molecular formula is C28H42N6O4. The lowest BCUT2D eigenvalue weighted by atomic mass is 10.1. The fourth-order valence-electron chi connectivity index (χ4n) is 3.80. The fraction of sp³-hybridized carbons (Fsp3) is 0.500. The van der Waals surface area contributed by atoms with E-state index in [1.54, 1.807) is 17.7 Å². The quantitative estimate of drug-likeness (QED) is 0.275. The van der Waals surface area contributed by atoms with E-state index in [9.17, 15) is 4.79 Å². The van der Waals surface area contributed by atoms with E-state index in [-0.39, 0.29) is 12.4 Å². The Morgan fingerprint density at radius 3 is 2.24 bits per heavy atom. The Bertz CT molecular complexity index is 1130. The third-order valence-electron chi connectivity index (χ3n) is 6.00. The summed E-state index contributed by atoms with van der Waals surface area (Å²) >= 11 is 0. The molecule has 1 aromatic carbocycles. The number of carbonyl (C=O) groups is 2. The van der Waals surface area contributed by atoms with Crippen molar-refractivity contribution in [2.75, 3.05) is 32.1 Å². The van der Waals surface area contributed by atoms with Crippen molar-refractivity contribution in [3.8, 4) is 5.75 Å². The van der Waals surface area contributed by atoms with Gasteiger partial charge >= 0.3 is 0 Å². The molecule has 10 heteroatoms. The van der Waals surface area contributed by atoms with Crippen LogP contribution in [0.25, 0.3) is 5.65 Å². The molecule has 0 atom stereocenters. The smallest absolute Gasteiger partial charge is 0.290 e. The van der Waals surface area contributed by atoms with Crippen molar-refractivity contribution in [2.45, 2.75) is 53.4 Å². The predicted molar refractivity (Wildman–Crippen MR) is 150 cm³/mol. The van der Waals surface area contributed by atoms with Crippen molar-refractivity contribution < 1.29 is 19.4 Å². The first-order valence-electron chi connectivity index (χ1n) is 13.1. The maximum Gasteiger partial charge on any atom is 0.290 e. The van der Waals surface area contributed by atoms with Gasteiger partial charge in [-0.2, -0.15) is 5.10 Å². The van der Waals surface area contributed by atoms with Gasteiger partial charge in [0.1, 0.15) is 11.4 Å². The van der Waals surface area contributed by atoms with Crippen LogP contribution < -0.4 is 15.8 Å². The first kappa shape index (κ1) is 30.6. The van der Waals surface area contributed by atoms with E-state index in [2.05, 4.69) is 33.0 Å². The summed E-state index contributed by atoms with van der Waals surface area (Å²) in [5.74, 6) is 2.54. The summed E-state index contributed by atoms with van der Waals surface area (Å²) in [4.78, 5) is 28.5. The molecule has 2 heterocycles. The molecule has 3 rings (SSSR count). The van der Waals surface area contributed by atoms with Crippen molar-refractivity contribution in [2.24, 2.45) is 17.6 Å². The van der Waals surface area contributed by atoms with E-state index in [4.69, 9.17) is 30.5 Å². The largest absolute Gasteiger partial charge is 0.497 e. The minimum atomic E-state index is -0.250. The van der Waals surface area contributed by atoms with Gasteiger partial charge in [0, 0.05) is 18.8 Å². The van der Waals surface area contributed by atoms with Crippen LogP contribution in [0.15, 0.2) is 36.4 Å². The van der Waals surface area contributed by atoms with Crippen LogP contribution in [0.4, 0.5) is 11.5 Å². The van der Waals surface area contributed by atoms with Crippen molar-refractivity contribution in [3.63, 3.8) is 0 Å². The zero-order valence-electron chi connectivity index (χ0n) is 23.2. The van der Waals surface area contributed by atoms with E-state index in [0.29, 0.717) is 36.1 Å². The number of hydrogen-bond donors (Lipinski definition) is 3. The Labute approximate surface area is 225 Å². The third-order valence-corrected chi connectivity index (χ3v) is 6.00. The highest BCUT2D eigenvalue weighted by Gasteiger charge is 2.21. The normalized spacial score (nSPS) is 10.8. The molecular weight excluding hydrogens is 484 g/mol. The molecule has 1 amide bonds. The van der Waals surface area contributed by atoms with E-state index in [0.717, 1.165) is 55.3 Å². The molecule has 2 aromatic heterocycles. The van der Waals surface area contributed by atoms with Gasteiger partial charge in [-0.15, -0.1) is 0 Å².